The number of nitrogens with one attached hydrogen (secondary N) is 2. The van der Waals surface area contributed by atoms with Crippen LogP contribution >= 0.6 is 12.4 Å². The Morgan fingerprint density at radius 1 is 1.17 bits per heavy atom. The maximum atomic E-state index is 13.0. The van der Waals surface area contributed by atoms with E-state index in [4.69, 9.17) is 4.74 Å². The number of halogens is 1. The summed E-state index contributed by atoms with van der Waals surface area (Å²) in [6.45, 7) is 10.8. The number of carbonyl (C=O) groups excluding carboxylic acids is 2. The molecule has 1 saturated heterocycles. The highest BCUT2D eigenvalue weighted by atomic mass is 35.5. The number of ketones is 1. The number of aromatic nitrogens is 1. The van der Waals surface area contributed by atoms with Gasteiger partial charge < -0.3 is 15.0 Å². The van der Waals surface area contributed by atoms with Gasteiger partial charge in [0.05, 0.1) is 23.9 Å². The summed E-state index contributed by atoms with van der Waals surface area (Å²) in [6, 6.07) is 7.84. The number of H-pyrrole nitrogens is 1. The Hall–Kier alpha value is -2.31. The molecule has 30 heavy (non-hydrogen) atoms. The highest BCUT2D eigenvalue weighted by molar-refractivity contribution is 6.04. The van der Waals surface area contributed by atoms with Crippen molar-refractivity contribution in [2.45, 2.75) is 53.1 Å². The van der Waals surface area contributed by atoms with Crippen molar-refractivity contribution in [3.05, 3.63) is 52.3 Å². The van der Waals surface area contributed by atoms with Gasteiger partial charge in [-0.15, -0.1) is 12.4 Å². The monoisotopic (exact) mass is 433 g/mol. The number of benzene rings is 1. The van der Waals surface area contributed by atoms with Crippen LogP contribution in [0.4, 0.5) is 5.69 Å². The van der Waals surface area contributed by atoms with Gasteiger partial charge >= 0.3 is 5.97 Å². The van der Waals surface area contributed by atoms with E-state index in [-0.39, 0.29) is 18.2 Å². The van der Waals surface area contributed by atoms with E-state index < -0.39 is 12.0 Å². The Kier molecular flexibility index (Phi) is 8.50. The molecule has 164 valence electrons. The number of anilines is 1. The molecule has 1 unspecified atom stereocenters. The first-order chi connectivity index (χ1) is 13.9. The standard InChI is InChI=1S/C23H31N3O3.ClH/c1-5-29-23(28)20-15(2)21(25-16(20)3)22(27)17(4)24-19-10-8-18(9-11-19)14-26-12-6-7-13-26;/h8-11,17,24-25H,5-7,12-14H2,1-4H3;1H. The van der Waals surface area contributed by atoms with Crippen LogP contribution in [-0.2, 0) is 11.3 Å². The van der Waals surface area contributed by atoms with Gasteiger partial charge in [0.2, 0.25) is 5.78 Å². The quantitative estimate of drug-likeness (QED) is 0.473. The summed E-state index contributed by atoms with van der Waals surface area (Å²) in [5, 5.41) is 3.27. The molecule has 0 radical (unpaired) electrons. The van der Waals surface area contributed by atoms with Crippen LogP contribution in [0.15, 0.2) is 24.3 Å². The summed E-state index contributed by atoms with van der Waals surface area (Å²) < 4.78 is 5.11. The fourth-order valence-electron chi connectivity index (χ4n) is 3.94. The van der Waals surface area contributed by atoms with Crippen molar-refractivity contribution in [1.29, 1.82) is 0 Å². The molecule has 1 atom stereocenters. The molecule has 7 heteroatoms. The van der Waals surface area contributed by atoms with Crippen LogP contribution in [0.25, 0.3) is 0 Å². The van der Waals surface area contributed by atoms with Crippen molar-refractivity contribution in [3.63, 3.8) is 0 Å². The van der Waals surface area contributed by atoms with Gasteiger partial charge in [0, 0.05) is 17.9 Å². The third kappa shape index (κ3) is 5.43. The van der Waals surface area contributed by atoms with Crippen LogP contribution in [0.5, 0.6) is 0 Å². The van der Waals surface area contributed by atoms with Crippen molar-refractivity contribution in [3.8, 4) is 0 Å². The van der Waals surface area contributed by atoms with E-state index in [2.05, 4.69) is 27.3 Å². The summed E-state index contributed by atoms with van der Waals surface area (Å²) in [5.41, 5.74) is 4.39. The first-order valence-corrected chi connectivity index (χ1v) is 10.4. The first kappa shape index (κ1) is 24.0. The molecule has 2 aromatic rings. The number of carbonyl (C=O) groups is 2. The van der Waals surface area contributed by atoms with Crippen molar-refractivity contribution >= 4 is 29.8 Å². The van der Waals surface area contributed by atoms with Crippen molar-refractivity contribution in [1.82, 2.24) is 9.88 Å². The van der Waals surface area contributed by atoms with Crippen molar-refractivity contribution in [2.75, 3.05) is 25.0 Å². The van der Waals surface area contributed by atoms with Gasteiger partial charge in [-0.2, -0.15) is 0 Å². The fourth-order valence-corrected chi connectivity index (χ4v) is 3.94. The third-order valence-corrected chi connectivity index (χ3v) is 5.50. The van der Waals surface area contributed by atoms with Crippen LogP contribution in [0, 0.1) is 13.8 Å². The zero-order valence-electron chi connectivity index (χ0n) is 18.2. The largest absolute Gasteiger partial charge is 0.462 e. The SMILES string of the molecule is CCOC(=O)c1c(C)[nH]c(C(=O)C(C)Nc2ccc(CN3CCCC3)cc2)c1C.Cl. The molecule has 1 aliphatic heterocycles. The molecular weight excluding hydrogens is 402 g/mol. The summed E-state index contributed by atoms with van der Waals surface area (Å²) >= 11 is 0. The number of nitrogens with zero attached hydrogens (tertiary/aromatic N) is 1. The van der Waals surface area contributed by atoms with Gasteiger partial charge in [-0.1, -0.05) is 12.1 Å². The second kappa shape index (κ2) is 10.6. The number of aromatic amines is 1. The molecule has 2 heterocycles. The molecule has 1 fully saturated rings. The lowest BCUT2D eigenvalue weighted by Gasteiger charge is -2.17. The average molecular weight is 434 g/mol. The summed E-state index contributed by atoms with van der Waals surface area (Å²) in [5.74, 6) is -0.478. The van der Waals surface area contributed by atoms with Gasteiger partial charge in [0.1, 0.15) is 0 Å². The zero-order valence-corrected chi connectivity index (χ0v) is 19.0. The van der Waals surface area contributed by atoms with E-state index in [1.54, 1.807) is 20.8 Å². The number of aryl methyl sites for hydroxylation is 1. The van der Waals surface area contributed by atoms with Gasteiger partial charge in [-0.3, -0.25) is 9.69 Å². The van der Waals surface area contributed by atoms with E-state index in [0.717, 1.165) is 12.2 Å². The summed E-state index contributed by atoms with van der Waals surface area (Å²) in [7, 11) is 0. The lowest BCUT2D eigenvalue weighted by atomic mass is 10.0. The number of likely N-dealkylation sites (tertiary alicyclic amines) is 1. The van der Waals surface area contributed by atoms with Crippen LogP contribution < -0.4 is 5.32 Å². The molecule has 0 aliphatic carbocycles. The summed E-state index contributed by atoms with van der Waals surface area (Å²) in [6.07, 6.45) is 2.57. The Bertz CT molecular complexity index is 871. The second-order valence-corrected chi connectivity index (χ2v) is 7.76. The van der Waals surface area contributed by atoms with Crippen molar-refractivity contribution < 1.29 is 14.3 Å². The van der Waals surface area contributed by atoms with E-state index in [9.17, 15) is 9.59 Å². The minimum absolute atomic E-state index is 0. The van der Waals surface area contributed by atoms with Crippen LogP contribution in [0.2, 0.25) is 0 Å². The number of Topliss-reactive ketones (excluding diaryl/α,β-unsaturated/α-hetero) is 1. The molecule has 0 spiro atoms. The topological polar surface area (TPSA) is 74.4 Å². The maximum absolute atomic E-state index is 13.0. The Morgan fingerprint density at radius 3 is 2.40 bits per heavy atom. The molecule has 1 aromatic carbocycles. The molecule has 3 rings (SSSR count). The Labute approximate surface area is 184 Å². The minimum atomic E-state index is -0.425. The molecular formula is C23H32ClN3O3. The lowest BCUT2D eigenvalue weighted by molar-refractivity contribution is 0.0525. The molecule has 0 bridgehead atoms. The fraction of sp³-hybridized carbons (Fsp3) is 0.478. The Morgan fingerprint density at radius 2 is 1.80 bits per heavy atom. The summed E-state index contributed by atoms with van der Waals surface area (Å²) in [4.78, 5) is 30.7. The van der Waals surface area contributed by atoms with E-state index in [0.29, 0.717) is 29.1 Å². The van der Waals surface area contributed by atoms with Crippen LogP contribution in [-0.4, -0.2) is 47.4 Å². The third-order valence-electron chi connectivity index (χ3n) is 5.50. The molecule has 2 N–H and O–H groups in total. The van der Waals surface area contributed by atoms with E-state index >= 15 is 0 Å². The first-order valence-electron chi connectivity index (χ1n) is 10.4. The number of rotatable bonds is 8. The molecule has 6 nitrogen and oxygen atoms in total. The molecule has 0 saturated carbocycles. The number of ether oxygens (including phenoxy) is 1. The zero-order chi connectivity index (χ0) is 21.0. The lowest BCUT2D eigenvalue weighted by Crippen LogP contribution is -2.27. The molecule has 1 aromatic heterocycles. The predicted molar refractivity (Wildman–Crippen MR) is 122 cm³/mol. The molecule has 1 aliphatic rings. The Balaban J connectivity index is 0.00000320. The smallest absolute Gasteiger partial charge is 0.340 e. The average Bonchev–Trinajstić information content (AvgIpc) is 3.30. The minimum Gasteiger partial charge on any atom is -0.462 e. The maximum Gasteiger partial charge on any atom is 0.340 e. The van der Waals surface area contributed by atoms with Gasteiger partial charge in [-0.05, 0) is 76.9 Å². The van der Waals surface area contributed by atoms with Crippen LogP contribution in [0.1, 0.15) is 64.4 Å². The van der Waals surface area contributed by atoms with E-state index in [1.165, 1.54) is 31.5 Å². The second-order valence-electron chi connectivity index (χ2n) is 7.76. The van der Waals surface area contributed by atoms with Crippen LogP contribution in [0.3, 0.4) is 0 Å². The van der Waals surface area contributed by atoms with Crippen molar-refractivity contribution in [2.24, 2.45) is 0 Å². The molecule has 0 amide bonds. The van der Waals surface area contributed by atoms with Gasteiger partial charge in [-0.25, -0.2) is 4.79 Å². The number of esters is 1. The number of hydrogen-bond acceptors (Lipinski definition) is 5. The highest BCUT2D eigenvalue weighted by Gasteiger charge is 2.25. The van der Waals surface area contributed by atoms with E-state index in [1.807, 2.05) is 19.1 Å². The predicted octanol–water partition coefficient (Wildman–Crippen LogP) is 4.51. The van der Waals surface area contributed by atoms with Gasteiger partial charge in [0.25, 0.3) is 0 Å². The van der Waals surface area contributed by atoms with Gasteiger partial charge in [0.15, 0.2) is 0 Å². The highest BCUT2D eigenvalue weighted by Crippen LogP contribution is 2.22. The normalized spacial score (nSPS) is 14.8. The number of hydrogen-bond donors (Lipinski definition) is 2.